The first-order valence-corrected chi connectivity index (χ1v) is 3.01. The number of aliphatic carboxylic acids is 1. The van der Waals surface area contributed by atoms with Crippen molar-refractivity contribution in [3.05, 3.63) is 12.2 Å². The van der Waals surface area contributed by atoms with Crippen molar-refractivity contribution in [2.75, 3.05) is 0 Å². The Morgan fingerprint density at radius 2 is 2.09 bits per heavy atom. The van der Waals surface area contributed by atoms with Gasteiger partial charge < -0.3 is 5.11 Å². The third kappa shape index (κ3) is 1.07. The first-order chi connectivity index (χ1) is 5.04. The predicted octanol–water partition coefficient (Wildman–Crippen LogP) is -0.215. The maximum absolute atomic E-state index is 10.9. The average molecular weight is 154 g/mol. The number of carbonyl (C=O) groups is 3. The molecule has 0 aromatic heterocycles. The van der Waals surface area contributed by atoms with E-state index in [-0.39, 0.29) is 12.0 Å². The van der Waals surface area contributed by atoms with Gasteiger partial charge in [-0.2, -0.15) is 0 Å². The summed E-state index contributed by atoms with van der Waals surface area (Å²) in [5.74, 6) is -4.07. The second kappa shape index (κ2) is 2.30. The zero-order chi connectivity index (χ0) is 8.59. The van der Waals surface area contributed by atoms with Gasteiger partial charge in [0.1, 0.15) is 0 Å². The molecule has 1 aliphatic rings. The van der Waals surface area contributed by atoms with Crippen molar-refractivity contribution in [2.45, 2.75) is 6.42 Å². The largest absolute Gasteiger partial charge is 0.480 e. The fourth-order valence-electron chi connectivity index (χ4n) is 1.000. The number of carboxylic acid groups (broad SMARTS) is 1. The molecule has 1 aliphatic carbocycles. The van der Waals surface area contributed by atoms with Crippen molar-refractivity contribution in [3.63, 3.8) is 0 Å². The van der Waals surface area contributed by atoms with E-state index in [9.17, 15) is 14.4 Å². The molecule has 0 bridgehead atoms. The molecule has 0 aliphatic heterocycles. The number of allylic oxidation sites excluding steroid dienone is 1. The Kier molecular flexibility index (Phi) is 1.60. The normalized spacial score (nSPS) is 24.4. The fourth-order valence-corrected chi connectivity index (χ4v) is 1.000. The van der Waals surface area contributed by atoms with Crippen molar-refractivity contribution in [1.82, 2.24) is 0 Å². The lowest BCUT2D eigenvalue weighted by Gasteiger charge is -1.95. The van der Waals surface area contributed by atoms with Crippen LogP contribution in [0.15, 0.2) is 12.2 Å². The molecule has 11 heavy (non-hydrogen) atoms. The van der Waals surface area contributed by atoms with E-state index in [1.165, 1.54) is 0 Å². The summed E-state index contributed by atoms with van der Waals surface area (Å²) < 4.78 is 0. The number of carbonyl (C=O) groups excluding carboxylic acids is 2. The molecule has 1 N–H and O–H groups in total. The molecule has 0 heterocycles. The Bertz CT molecular complexity index is 264. The second-order valence-corrected chi connectivity index (χ2v) is 2.38. The highest BCUT2D eigenvalue weighted by molar-refractivity contribution is 6.28. The molecule has 1 atom stereocenters. The van der Waals surface area contributed by atoms with E-state index in [2.05, 4.69) is 6.58 Å². The molecule has 1 fully saturated rings. The van der Waals surface area contributed by atoms with Gasteiger partial charge in [0.25, 0.3) is 0 Å². The summed E-state index contributed by atoms with van der Waals surface area (Å²) in [7, 11) is 0. The van der Waals surface area contributed by atoms with Gasteiger partial charge in [0.05, 0.1) is 0 Å². The van der Waals surface area contributed by atoms with Crippen LogP contribution in [0.3, 0.4) is 0 Å². The lowest BCUT2D eigenvalue weighted by Crippen LogP contribution is -2.24. The van der Waals surface area contributed by atoms with Gasteiger partial charge in [-0.25, -0.2) is 0 Å². The van der Waals surface area contributed by atoms with E-state index in [1.807, 2.05) is 0 Å². The topological polar surface area (TPSA) is 71.4 Å². The van der Waals surface area contributed by atoms with E-state index < -0.39 is 23.5 Å². The fraction of sp³-hybridized carbons (Fsp3) is 0.286. The SMILES string of the molecule is C=C1CC(=O)C(C(=O)O)C1=O. The lowest BCUT2D eigenvalue weighted by molar-refractivity contribution is -0.147. The minimum absolute atomic E-state index is 0.0994. The van der Waals surface area contributed by atoms with Crippen molar-refractivity contribution >= 4 is 17.5 Å². The monoisotopic (exact) mass is 154 g/mol. The Morgan fingerprint density at radius 1 is 1.55 bits per heavy atom. The first-order valence-electron chi connectivity index (χ1n) is 3.01. The Hall–Kier alpha value is -1.45. The van der Waals surface area contributed by atoms with Crippen LogP contribution in [0, 0.1) is 5.92 Å². The van der Waals surface area contributed by atoms with Gasteiger partial charge in [-0.1, -0.05) is 6.58 Å². The minimum Gasteiger partial charge on any atom is -0.480 e. The smallest absolute Gasteiger partial charge is 0.322 e. The standard InChI is InChI=1S/C7H6O4/c1-3-2-4(8)5(6(3)9)7(10)11/h5H,1-2H2,(H,10,11). The summed E-state index contributed by atoms with van der Waals surface area (Å²) in [5, 5.41) is 8.39. The van der Waals surface area contributed by atoms with Crippen molar-refractivity contribution in [2.24, 2.45) is 5.92 Å². The van der Waals surface area contributed by atoms with Gasteiger partial charge in [0.2, 0.25) is 0 Å². The van der Waals surface area contributed by atoms with Gasteiger partial charge in [0, 0.05) is 6.42 Å². The van der Waals surface area contributed by atoms with Gasteiger partial charge >= 0.3 is 5.97 Å². The van der Waals surface area contributed by atoms with Crippen LogP contribution in [0.4, 0.5) is 0 Å². The second-order valence-electron chi connectivity index (χ2n) is 2.38. The van der Waals surface area contributed by atoms with Gasteiger partial charge in [0.15, 0.2) is 17.5 Å². The zero-order valence-electron chi connectivity index (χ0n) is 5.66. The maximum atomic E-state index is 10.9. The molecule has 1 saturated carbocycles. The number of carboxylic acids is 1. The summed E-state index contributed by atoms with van der Waals surface area (Å²) in [6.45, 7) is 3.28. The van der Waals surface area contributed by atoms with Gasteiger partial charge in [-0.15, -0.1) is 0 Å². The molecule has 58 valence electrons. The Balaban J connectivity index is 2.98. The summed E-state index contributed by atoms with van der Waals surface area (Å²) >= 11 is 0. The van der Waals surface area contributed by atoms with E-state index >= 15 is 0 Å². The molecule has 1 unspecified atom stereocenters. The van der Waals surface area contributed by atoms with Crippen molar-refractivity contribution in [1.29, 1.82) is 0 Å². The Morgan fingerprint density at radius 3 is 2.27 bits per heavy atom. The molecule has 1 rings (SSSR count). The quantitative estimate of drug-likeness (QED) is 0.419. The summed E-state index contributed by atoms with van der Waals surface area (Å²) in [6.07, 6.45) is -0.115. The van der Waals surface area contributed by atoms with Crippen molar-refractivity contribution in [3.8, 4) is 0 Å². The molecule has 0 aromatic carbocycles. The highest BCUT2D eigenvalue weighted by Crippen LogP contribution is 2.21. The zero-order valence-corrected chi connectivity index (χ0v) is 5.66. The van der Waals surface area contributed by atoms with Crippen LogP contribution in [0.5, 0.6) is 0 Å². The highest BCUT2D eigenvalue weighted by atomic mass is 16.4. The molecular weight excluding hydrogens is 148 g/mol. The number of ketones is 2. The minimum atomic E-state index is -1.48. The van der Waals surface area contributed by atoms with Crippen LogP contribution < -0.4 is 0 Å². The van der Waals surface area contributed by atoms with Crippen LogP contribution in [0.25, 0.3) is 0 Å². The van der Waals surface area contributed by atoms with E-state index in [1.54, 1.807) is 0 Å². The van der Waals surface area contributed by atoms with E-state index in [0.717, 1.165) is 0 Å². The van der Waals surface area contributed by atoms with Crippen LogP contribution in [-0.2, 0) is 14.4 Å². The Labute approximate surface area is 62.5 Å². The number of rotatable bonds is 1. The van der Waals surface area contributed by atoms with Crippen LogP contribution in [0.1, 0.15) is 6.42 Å². The third-order valence-electron chi connectivity index (χ3n) is 1.57. The van der Waals surface area contributed by atoms with Crippen LogP contribution in [-0.4, -0.2) is 22.6 Å². The molecule has 0 spiro atoms. The number of hydrogen-bond acceptors (Lipinski definition) is 3. The van der Waals surface area contributed by atoms with Crippen LogP contribution in [0.2, 0.25) is 0 Å². The number of Topliss-reactive ketones (excluding diaryl/α,β-unsaturated/α-hetero) is 2. The third-order valence-corrected chi connectivity index (χ3v) is 1.57. The van der Waals surface area contributed by atoms with Gasteiger partial charge in [-0.3, -0.25) is 14.4 Å². The molecule has 4 nitrogen and oxygen atoms in total. The summed E-state index contributed by atoms with van der Waals surface area (Å²) in [4.78, 5) is 31.9. The van der Waals surface area contributed by atoms with Crippen LogP contribution >= 0.6 is 0 Å². The maximum Gasteiger partial charge on any atom is 0.322 e. The first kappa shape index (κ1) is 7.65. The van der Waals surface area contributed by atoms with E-state index in [0.29, 0.717) is 0 Å². The highest BCUT2D eigenvalue weighted by Gasteiger charge is 2.41. The number of hydrogen-bond donors (Lipinski definition) is 1. The van der Waals surface area contributed by atoms with Gasteiger partial charge in [-0.05, 0) is 5.57 Å². The molecule has 0 radical (unpaired) electrons. The molecule has 0 aromatic rings. The van der Waals surface area contributed by atoms with Crippen molar-refractivity contribution < 1.29 is 19.5 Å². The summed E-state index contributed by atoms with van der Waals surface area (Å²) in [6, 6.07) is 0. The average Bonchev–Trinajstić information content (AvgIpc) is 2.07. The van der Waals surface area contributed by atoms with E-state index in [4.69, 9.17) is 5.11 Å². The molecular formula is C7H6O4. The lowest BCUT2D eigenvalue weighted by atomic mass is 10.1. The molecule has 0 amide bonds. The predicted molar refractivity (Wildman–Crippen MR) is 34.9 cm³/mol. The molecule has 4 heteroatoms. The summed E-state index contributed by atoms with van der Waals surface area (Å²) in [5.41, 5.74) is 0.0994. The molecule has 0 saturated heterocycles.